The Labute approximate surface area is 255 Å². The molecular formula is C17H40N3O22P3. The molecule has 0 radical (unpaired) electrons. The zero-order valence-corrected chi connectivity index (χ0v) is 26.2. The summed E-state index contributed by atoms with van der Waals surface area (Å²) in [6.07, 6.45) is 0. The van der Waals surface area contributed by atoms with E-state index in [0.717, 1.165) is 0 Å². The van der Waals surface area contributed by atoms with Gasteiger partial charge in [0.2, 0.25) is 0 Å². The normalized spacial score (nSPS) is 13.8. The summed E-state index contributed by atoms with van der Waals surface area (Å²) in [6.45, 7) is -1.96. The summed E-state index contributed by atoms with van der Waals surface area (Å²) in [6, 6.07) is -3.65. The van der Waals surface area contributed by atoms with E-state index in [1.54, 1.807) is 0 Å². The van der Waals surface area contributed by atoms with Crippen molar-refractivity contribution >= 4 is 41.4 Å². The lowest BCUT2D eigenvalue weighted by Gasteiger charge is -2.14. The fourth-order valence-electron chi connectivity index (χ4n) is 2.00. The fourth-order valence-corrected chi connectivity index (χ4v) is 3.03. The molecule has 0 amide bonds. The van der Waals surface area contributed by atoms with Crippen LogP contribution >= 0.6 is 23.5 Å². The predicted octanol–water partition coefficient (Wildman–Crippen LogP) is -4.98. The third-order valence-corrected chi connectivity index (χ3v) is 5.47. The number of nitrogens with one attached hydrogen (secondary N) is 3. The summed E-state index contributed by atoms with van der Waals surface area (Å²) in [5.74, 6) is -3.85. The van der Waals surface area contributed by atoms with E-state index in [2.05, 4.69) is 29.5 Å². The van der Waals surface area contributed by atoms with Gasteiger partial charge in [-0.1, -0.05) is 0 Å². The summed E-state index contributed by atoms with van der Waals surface area (Å²) in [4.78, 5) is 81.5. The Morgan fingerprint density at radius 3 is 1.29 bits per heavy atom. The number of carboxylic acid groups (broad SMARTS) is 3. The molecule has 0 heterocycles. The Bertz CT molecular complexity index is 956. The molecule has 0 spiro atoms. The van der Waals surface area contributed by atoms with E-state index in [9.17, 15) is 28.1 Å². The number of aliphatic hydroxyl groups excluding tert-OH is 2. The number of carbonyl (C=O) groups is 3. The van der Waals surface area contributed by atoms with Crippen LogP contribution in [0.5, 0.6) is 0 Å². The standard InChI is InChI=1S/C7H16NO8P.C6H14NO8P.C4H10NO6P/c9-2-4-15-3-1-8-6(7(10)11)5-16-17(12,13)14;8-1-2-14-4-7-5(6(9)10)3-15-16(11,12)13;1-5-3(4(6)7)2-11-12(8,9)10/h6,8-9H,1-5H2,(H,10,11)(H2,12,13,14);5,7-8H,1-4H2,(H,9,10)(H2,11,12,13);3,5H,2H2,1H3,(H,6,7)(H2,8,9,10). The molecule has 0 aliphatic carbocycles. The van der Waals surface area contributed by atoms with Crippen molar-refractivity contribution in [2.45, 2.75) is 18.1 Å². The van der Waals surface area contributed by atoms with Crippen molar-refractivity contribution in [3.63, 3.8) is 0 Å². The molecule has 0 aliphatic heterocycles. The van der Waals surface area contributed by atoms with Crippen LogP contribution < -0.4 is 16.0 Å². The first-order valence-corrected chi connectivity index (χ1v) is 16.5. The lowest BCUT2D eigenvalue weighted by molar-refractivity contribution is -0.141. The number of phosphoric acid groups is 3. The minimum atomic E-state index is -4.69. The van der Waals surface area contributed by atoms with Crippen LogP contribution in [0.2, 0.25) is 0 Å². The summed E-state index contributed by atoms with van der Waals surface area (Å²) in [5.41, 5.74) is 0. The number of aliphatic hydroxyl groups is 2. The van der Waals surface area contributed by atoms with Crippen LogP contribution in [0.25, 0.3) is 0 Å². The van der Waals surface area contributed by atoms with Crippen molar-refractivity contribution in [3.05, 3.63) is 0 Å². The van der Waals surface area contributed by atoms with Crippen LogP contribution in [0.4, 0.5) is 0 Å². The third-order valence-electron chi connectivity index (χ3n) is 4.01. The Kier molecular flexibility index (Phi) is 28.2. The number of hydrogen-bond donors (Lipinski definition) is 14. The molecular weight excluding hydrogens is 691 g/mol. The second kappa shape index (κ2) is 26.5. The highest BCUT2D eigenvalue weighted by Gasteiger charge is 2.24. The van der Waals surface area contributed by atoms with Crippen LogP contribution in [-0.2, 0) is 51.1 Å². The molecule has 0 aromatic heterocycles. The number of likely N-dealkylation sites (N-methyl/N-ethyl adjacent to an activating group) is 1. The molecule has 0 bridgehead atoms. The number of phosphoric ester groups is 3. The first-order valence-electron chi connectivity index (χ1n) is 11.9. The average molecular weight is 731 g/mol. The minimum absolute atomic E-state index is 0.0265. The van der Waals surface area contributed by atoms with E-state index in [1.165, 1.54) is 7.05 Å². The van der Waals surface area contributed by atoms with E-state index < -0.39 is 79.3 Å². The van der Waals surface area contributed by atoms with E-state index in [4.69, 9.17) is 64.4 Å². The maximum Gasteiger partial charge on any atom is 0.469 e. The summed E-state index contributed by atoms with van der Waals surface area (Å²) in [5, 5.41) is 49.5. The number of ether oxygens (including phenoxy) is 2. The fraction of sp³-hybridized carbons (Fsp3) is 0.824. The quantitative estimate of drug-likeness (QED) is 0.0251. The Balaban J connectivity index is -0.000000597. The number of hydrogen-bond acceptors (Lipinski definition) is 16. The molecule has 0 fully saturated rings. The molecule has 0 aromatic rings. The van der Waals surface area contributed by atoms with Crippen molar-refractivity contribution in [1.82, 2.24) is 16.0 Å². The van der Waals surface area contributed by atoms with Gasteiger partial charge in [-0.25, -0.2) is 13.7 Å². The Morgan fingerprint density at radius 1 is 0.600 bits per heavy atom. The first kappa shape index (κ1) is 47.9. The van der Waals surface area contributed by atoms with Crippen molar-refractivity contribution in [2.75, 3.05) is 73.2 Å². The lowest BCUT2D eigenvalue weighted by Crippen LogP contribution is -2.41. The molecule has 270 valence electrons. The molecule has 3 atom stereocenters. The molecule has 45 heavy (non-hydrogen) atoms. The predicted molar refractivity (Wildman–Crippen MR) is 144 cm³/mol. The molecule has 0 saturated heterocycles. The van der Waals surface area contributed by atoms with Gasteiger partial charge < -0.3 is 75.0 Å². The van der Waals surface area contributed by atoms with Crippen LogP contribution in [0.1, 0.15) is 0 Å². The average Bonchev–Trinajstić information content (AvgIpc) is 2.88. The second-order valence-electron chi connectivity index (χ2n) is 7.59. The highest BCUT2D eigenvalue weighted by Crippen LogP contribution is 2.36. The topological polar surface area (TPSA) is 407 Å². The molecule has 25 nitrogen and oxygen atoms in total. The van der Waals surface area contributed by atoms with Gasteiger partial charge in [-0.15, -0.1) is 0 Å². The van der Waals surface area contributed by atoms with E-state index in [-0.39, 0.29) is 46.3 Å². The van der Waals surface area contributed by atoms with Crippen molar-refractivity contribution in [3.8, 4) is 0 Å². The monoisotopic (exact) mass is 731 g/mol. The summed E-state index contributed by atoms with van der Waals surface area (Å²) >= 11 is 0. The van der Waals surface area contributed by atoms with Crippen molar-refractivity contribution in [2.24, 2.45) is 0 Å². The maximum absolute atomic E-state index is 10.7. The van der Waals surface area contributed by atoms with Gasteiger partial charge in [-0.05, 0) is 7.05 Å². The van der Waals surface area contributed by atoms with E-state index in [1.807, 2.05) is 0 Å². The van der Waals surface area contributed by atoms with Crippen LogP contribution in [0.15, 0.2) is 0 Å². The summed E-state index contributed by atoms with van der Waals surface area (Å²) < 4.78 is 52.5. The van der Waals surface area contributed by atoms with Gasteiger partial charge in [-0.3, -0.25) is 33.3 Å². The molecule has 0 aromatic carbocycles. The third kappa shape index (κ3) is 36.8. The molecule has 0 aliphatic rings. The smallest absolute Gasteiger partial charge is 0.469 e. The largest absolute Gasteiger partial charge is 0.480 e. The van der Waals surface area contributed by atoms with Crippen molar-refractivity contribution in [1.29, 1.82) is 0 Å². The molecule has 14 N–H and O–H groups in total. The van der Waals surface area contributed by atoms with Crippen LogP contribution in [-0.4, -0.2) is 164 Å². The lowest BCUT2D eigenvalue weighted by atomic mass is 10.3. The molecule has 3 unspecified atom stereocenters. The SMILES string of the molecule is CNC(COP(=O)(O)O)C(=O)O.O=C(O)C(COP(=O)(O)O)NCCOCCO.O=C(O)C(COP(=O)(O)O)NCOCCO. The number of aliphatic carboxylic acids is 3. The summed E-state index contributed by atoms with van der Waals surface area (Å²) in [7, 11) is -12.6. The molecule has 0 rings (SSSR count). The first-order chi connectivity index (χ1) is 20.6. The Hall–Kier alpha value is -1.54. The van der Waals surface area contributed by atoms with Crippen LogP contribution in [0.3, 0.4) is 0 Å². The van der Waals surface area contributed by atoms with Gasteiger partial charge in [0.25, 0.3) is 0 Å². The van der Waals surface area contributed by atoms with Gasteiger partial charge in [0.05, 0.1) is 59.6 Å². The second-order valence-corrected chi connectivity index (χ2v) is 11.3. The molecule has 0 saturated carbocycles. The van der Waals surface area contributed by atoms with Gasteiger partial charge >= 0.3 is 41.4 Å². The minimum Gasteiger partial charge on any atom is -0.480 e. The number of rotatable bonds is 24. The zero-order valence-electron chi connectivity index (χ0n) is 23.6. The molecule has 28 heteroatoms. The van der Waals surface area contributed by atoms with Crippen LogP contribution in [0, 0.1) is 0 Å². The van der Waals surface area contributed by atoms with Gasteiger partial charge in [-0.2, -0.15) is 0 Å². The highest BCUT2D eigenvalue weighted by molar-refractivity contribution is 7.46. The Morgan fingerprint density at radius 2 is 0.956 bits per heavy atom. The van der Waals surface area contributed by atoms with E-state index >= 15 is 0 Å². The van der Waals surface area contributed by atoms with E-state index in [0.29, 0.717) is 0 Å². The van der Waals surface area contributed by atoms with Gasteiger partial charge in [0.15, 0.2) is 0 Å². The highest BCUT2D eigenvalue weighted by atomic mass is 31.2. The number of carboxylic acids is 3. The zero-order chi connectivity index (χ0) is 35.7. The van der Waals surface area contributed by atoms with Crippen molar-refractivity contribution < 1.29 is 106 Å². The van der Waals surface area contributed by atoms with Gasteiger partial charge in [0, 0.05) is 6.54 Å². The maximum atomic E-state index is 10.7. The van der Waals surface area contributed by atoms with Gasteiger partial charge in [0.1, 0.15) is 18.1 Å².